The summed E-state index contributed by atoms with van der Waals surface area (Å²) < 4.78 is 234. The van der Waals surface area contributed by atoms with Gasteiger partial charge in [0.15, 0.2) is 34.9 Å². The van der Waals surface area contributed by atoms with Crippen LogP contribution in [0, 0.1) is 99.7 Å². The number of alkyl halides is 3. The minimum atomic E-state index is -7.59. The van der Waals surface area contributed by atoms with E-state index >= 15 is 35.1 Å². The molecule has 0 saturated carbocycles. The van der Waals surface area contributed by atoms with Gasteiger partial charge in [0.1, 0.15) is 33.9 Å². The van der Waals surface area contributed by atoms with Crippen molar-refractivity contribution < 1.29 is 69.6 Å². The Labute approximate surface area is 331 Å². The predicted molar refractivity (Wildman–Crippen MR) is 201 cm³/mol. The number of rotatable bonds is 10. The lowest BCUT2D eigenvalue weighted by Crippen LogP contribution is -2.74. The third-order valence-electron chi connectivity index (χ3n) is 10.6. The maximum atomic E-state index is 16.6. The molecule has 0 fully saturated rings. The Kier molecular flexibility index (Phi) is 12.3. The zero-order valence-electron chi connectivity index (χ0n) is 32.1. The van der Waals surface area contributed by atoms with Crippen LogP contribution in [0.15, 0.2) is 54.6 Å². The van der Waals surface area contributed by atoms with E-state index in [1.54, 1.807) is 13.8 Å². The highest BCUT2D eigenvalue weighted by Gasteiger charge is 2.64. The fourth-order valence-electron chi connectivity index (χ4n) is 8.71. The second kappa shape index (κ2) is 15.9. The second-order valence-corrected chi connectivity index (χ2v) is 19.9. The molecule has 19 heteroatoms. The SMILES string of the molecule is Cc1cc(C)c([P+](Cc2ccccc2)(c2c(C)cc(C)cc2C)[C@H](C)[B-](OS(=O)(=O)C(F)(F)F)(c2c(F)c(F)c(F)c(F)c2F)c2c(F)c(F)c(F)c(F)c2F)c(C)c1. The monoisotopic (exact) mass is 882 g/mol. The lowest BCUT2D eigenvalue weighted by atomic mass is 9.29. The number of hydrogen-bond acceptors (Lipinski definition) is 3. The van der Waals surface area contributed by atoms with Crippen LogP contribution in [0.2, 0.25) is 0 Å². The van der Waals surface area contributed by atoms with E-state index in [9.17, 15) is 30.4 Å². The number of hydrogen-bond donors (Lipinski definition) is 0. The Balaban J connectivity index is 2.30. The van der Waals surface area contributed by atoms with E-state index in [0.717, 1.165) is 0 Å². The summed E-state index contributed by atoms with van der Waals surface area (Å²) in [4.78, 5) is 0. The first kappa shape index (κ1) is 45.7. The minimum Gasteiger partial charge on any atom is -0.466 e. The summed E-state index contributed by atoms with van der Waals surface area (Å²) in [6, 6.07) is 13.5. The third kappa shape index (κ3) is 7.32. The van der Waals surface area contributed by atoms with Gasteiger partial charge in [-0.3, -0.25) is 0 Å². The molecule has 0 radical (unpaired) electrons. The van der Waals surface area contributed by atoms with Crippen molar-refractivity contribution in [2.75, 3.05) is 0 Å². The van der Waals surface area contributed by atoms with Gasteiger partial charge in [-0.2, -0.15) is 21.6 Å². The van der Waals surface area contributed by atoms with Crippen LogP contribution < -0.4 is 21.5 Å². The Bertz CT molecular complexity index is 2390. The van der Waals surface area contributed by atoms with Crippen LogP contribution in [0.25, 0.3) is 0 Å². The first-order valence-electron chi connectivity index (χ1n) is 17.5. The zero-order valence-corrected chi connectivity index (χ0v) is 33.8. The van der Waals surface area contributed by atoms with Gasteiger partial charge in [0.2, 0.25) is 6.35 Å². The van der Waals surface area contributed by atoms with Crippen LogP contribution in [0.5, 0.6) is 0 Å². The molecule has 0 bridgehead atoms. The molecule has 5 rings (SSSR count). The maximum Gasteiger partial charge on any atom is 0.519 e. The number of halogens is 13. The first-order valence-corrected chi connectivity index (χ1v) is 20.9. The fraction of sp³-hybridized carbons (Fsp3) is 0.250. The van der Waals surface area contributed by atoms with Gasteiger partial charge in [-0.25, -0.2) is 43.9 Å². The molecule has 0 aliphatic rings. The van der Waals surface area contributed by atoms with Gasteiger partial charge in [-0.15, -0.1) is 0 Å². The van der Waals surface area contributed by atoms with Crippen LogP contribution in [-0.2, 0) is 20.4 Å². The molecule has 0 aromatic heterocycles. The maximum absolute atomic E-state index is 16.6. The molecule has 59 heavy (non-hydrogen) atoms. The van der Waals surface area contributed by atoms with E-state index in [0.29, 0.717) is 18.1 Å². The third-order valence-corrected chi connectivity index (χ3v) is 17.4. The van der Waals surface area contributed by atoms with Crippen LogP contribution >= 0.6 is 7.26 Å². The van der Waals surface area contributed by atoms with Crippen LogP contribution in [0.4, 0.5) is 57.1 Å². The van der Waals surface area contributed by atoms with Crippen LogP contribution in [-0.4, -0.2) is 25.8 Å². The van der Waals surface area contributed by atoms with Crippen molar-refractivity contribution in [2.45, 2.75) is 65.7 Å². The summed E-state index contributed by atoms with van der Waals surface area (Å²) in [6.07, 6.45) is -6.69. The molecule has 5 aromatic rings. The van der Waals surface area contributed by atoms with Crippen molar-refractivity contribution >= 4 is 45.3 Å². The summed E-state index contributed by atoms with van der Waals surface area (Å²) in [5.74, 6) is -30.4. The van der Waals surface area contributed by atoms with Crippen LogP contribution in [0.1, 0.15) is 45.9 Å². The molecule has 0 unspecified atom stereocenters. The Hall–Kier alpha value is -4.41. The van der Waals surface area contributed by atoms with Crippen molar-refractivity contribution in [3.05, 3.63) is 152 Å². The largest absolute Gasteiger partial charge is 0.519 e. The van der Waals surface area contributed by atoms with Gasteiger partial charge in [-0.1, -0.05) is 83.6 Å². The van der Waals surface area contributed by atoms with Gasteiger partial charge >= 0.3 is 15.6 Å². The van der Waals surface area contributed by atoms with Crippen molar-refractivity contribution in [3.8, 4) is 0 Å². The molecule has 0 aliphatic carbocycles. The Morgan fingerprint density at radius 1 is 0.559 bits per heavy atom. The van der Waals surface area contributed by atoms with Crippen molar-refractivity contribution in [2.24, 2.45) is 0 Å². The predicted octanol–water partition coefficient (Wildman–Crippen LogP) is 9.65. The van der Waals surface area contributed by atoms with Crippen molar-refractivity contribution in [1.82, 2.24) is 0 Å². The molecule has 5 aromatic carbocycles. The normalized spacial score (nSPS) is 13.3. The van der Waals surface area contributed by atoms with Gasteiger partial charge in [0, 0.05) is 0 Å². The van der Waals surface area contributed by atoms with E-state index in [1.165, 1.54) is 82.3 Å². The summed E-state index contributed by atoms with van der Waals surface area (Å²) in [7, 11) is -12.1. The van der Waals surface area contributed by atoms with Crippen molar-refractivity contribution in [1.29, 1.82) is 0 Å². The first-order chi connectivity index (χ1) is 27.2. The highest BCUT2D eigenvalue weighted by Crippen LogP contribution is 2.68. The van der Waals surface area contributed by atoms with E-state index in [-0.39, 0.29) is 38.4 Å². The van der Waals surface area contributed by atoms with Gasteiger partial charge in [0.05, 0.1) is 13.4 Å². The van der Waals surface area contributed by atoms with E-state index < -0.39 is 110 Å². The number of aryl methyl sites for hydroxylation is 6. The molecule has 1 atom stereocenters. The van der Waals surface area contributed by atoms with E-state index in [4.69, 9.17) is 4.10 Å². The van der Waals surface area contributed by atoms with Gasteiger partial charge in [-0.05, 0) is 74.9 Å². The van der Waals surface area contributed by atoms with Crippen LogP contribution in [0.3, 0.4) is 0 Å². The smallest absolute Gasteiger partial charge is 0.466 e. The topological polar surface area (TPSA) is 43.4 Å². The average Bonchev–Trinajstić information content (AvgIpc) is 3.13. The molecule has 0 heterocycles. The zero-order chi connectivity index (χ0) is 44.5. The highest BCUT2D eigenvalue weighted by atomic mass is 32.2. The lowest BCUT2D eigenvalue weighted by Gasteiger charge is -2.51. The summed E-state index contributed by atoms with van der Waals surface area (Å²) in [5.41, 5.74) is -12.6. The van der Waals surface area contributed by atoms with E-state index in [1.807, 2.05) is 0 Å². The molecular formula is C40H33BF13O3PS. The Morgan fingerprint density at radius 2 is 0.864 bits per heavy atom. The summed E-state index contributed by atoms with van der Waals surface area (Å²) in [6.45, 7) is 9.83. The van der Waals surface area contributed by atoms with E-state index in [2.05, 4.69) is 0 Å². The van der Waals surface area contributed by atoms with Crippen molar-refractivity contribution in [3.63, 3.8) is 0 Å². The van der Waals surface area contributed by atoms with Gasteiger partial charge in [0.25, 0.3) is 0 Å². The molecule has 3 nitrogen and oxygen atoms in total. The minimum absolute atomic E-state index is 0.0570. The second-order valence-electron chi connectivity index (χ2n) is 14.6. The average molecular weight is 883 g/mol. The molecule has 316 valence electrons. The molecule has 0 aliphatic heterocycles. The molecule has 0 saturated heterocycles. The standard InChI is InChI=1S/C40H33BF13O3PS/c1-18-13-20(3)38(21(4)14-18)58(17-25-11-9-8-10-12-25,39-22(5)15-19(2)16-23(39)6)24(7)41(57-59(55,56)40(52,53)54,26-28(42)32(46)36(50)33(47)29(26)43)27-30(44)34(48)37(51)35(49)31(27)45/h8-16,24H,17H2,1-7H3/t24-/m1/s1. The summed E-state index contributed by atoms with van der Waals surface area (Å²) in [5, 5.41) is 0.114. The molecule has 0 N–H and O–H groups in total. The lowest BCUT2D eigenvalue weighted by molar-refractivity contribution is -0.0502. The highest BCUT2D eigenvalue weighted by molar-refractivity contribution is 7.93. The Morgan fingerprint density at radius 3 is 1.17 bits per heavy atom. The molecule has 0 amide bonds. The van der Waals surface area contributed by atoms with Gasteiger partial charge < -0.3 is 4.10 Å². The molecule has 0 spiro atoms. The number of benzene rings is 5. The summed E-state index contributed by atoms with van der Waals surface area (Å²) >= 11 is 0. The molecular weight excluding hydrogens is 849 g/mol. The quantitative estimate of drug-likeness (QED) is 0.0351. The fourth-order valence-corrected chi connectivity index (χ4v) is 15.9.